The molecule has 0 bridgehead atoms. The Bertz CT molecular complexity index is 1530. The maximum Gasteiger partial charge on any atom is 0.355 e. The zero-order chi connectivity index (χ0) is 26.7. The molecule has 4 N–H and O–H groups in total. The van der Waals surface area contributed by atoms with Gasteiger partial charge in [-0.2, -0.15) is 0 Å². The molecule has 12 nitrogen and oxygen atoms in total. The highest BCUT2D eigenvalue weighted by Gasteiger charge is 2.29. The van der Waals surface area contributed by atoms with Crippen molar-refractivity contribution < 1.29 is 41.0 Å². The number of carbonyl (C=O) groups is 2. The van der Waals surface area contributed by atoms with Crippen molar-refractivity contribution in [2.75, 3.05) is 23.8 Å². The molecule has 2 aromatic carbocycles. The fourth-order valence-corrected chi connectivity index (χ4v) is 4.79. The highest BCUT2D eigenvalue weighted by atomic mass is 32.2. The summed E-state index contributed by atoms with van der Waals surface area (Å²) in [7, 11) is -6.21. The summed E-state index contributed by atoms with van der Waals surface area (Å²) in [6.07, 6.45) is 5.49. The minimum absolute atomic E-state index is 0.0851. The number of benzene rings is 2. The Labute approximate surface area is 207 Å². The van der Waals surface area contributed by atoms with E-state index in [1.165, 1.54) is 42.6 Å². The molecule has 190 valence electrons. The number of carbonyl (C=O) groups excluding carboxylic acids is 2. The second-order valence-electron chi connectivity index (χ2n) is 7.14. The molecule has 36 heavy (non-hydrogen) atoms. The first-order valence-electron chi connectivity index (χ1n) is 9.92. The quantitative estimate of drug-likeness (QED) is 0.437. The van der Waals surface area contributed by atoms with E-state index in [-0.39, 0.29) is 32.4 Å². The van der Waals surface area contributed by atoms with Gasteiger partial charge in [-0.15, -0.1) is 0 Å². The summed E-state index contributed by atoms with van der Waals surface area (Å²) >= 11 is 0. The molecule has 3 rings (SSSR count). The van der Waals surface area contributed by atoms with Gasteiger partial charge >= 0.3 is 11.9 Å². The van der Waals surface area contributed by atoms with Crippen molar-refractivity contribution in [3.8, 4) is 5.75 Å². The summed E-state index contributed by atoms with van der Waals surface area (Å²) in [5.74, 6) is -2.26. The van der Waals surface area contributed by atoms with E-state index in [0.717, 1.165) is 43.4 Å². The number of hydrogen-bond acceptors (Lipinski definition) is 10. The van der Waals surface area contributed by atoms with Gasteiger partial charge in [-0.1, -0.05) is 12.1 Å². The lowest BCUT2D eigenvalue weighted by Gasteiger charge is -2.24. The molecular formula is C22H21N3O9S2. The molecule has 14 heteroatoms. The van der Waals surface area contributed by atoms with Gasteiger partial charge in [0.25, 0.3) is 10.0 Å². The van der Waals surface area contributed by atoms with Crippen LogP contribution in [0.5, 0.6) is 5.75 Å². The third-order valence-corrected chi connectivity index (χ3v) is 7.11. The van der Waals surface area contributed by atoms with Crippen molar-refractivity contribution in [1.82, 2.24) is 0 Å². The summed E-state index contributed by atoms with van der Waals surface area (Å²) in [5, 5.41) is 15.6. The number of aromatic hydroxyl groups is 1. The standard InChI is InChI=1S/C22H21N3O9S2/c1-33-21(27)17-8-3-4-11-25(20(17)22(28)34-2)18-13-16(9-10-19(18)26)36(31,32)24-14-6-5-7-15(12-14)35(23,29)30/h3-13,24,26H,1-2H3,(H2,23,29,30). The number of ether oxygens (including phenoxy) is 2. The fourth-order valence-electron chi connectivity index (χ4n) is 3.17. The molecule has 0 atom stereocenters. The number of rotatable bonds is 7. The van der Waals surface area contributed by atoms with Crippen LogP contribution in [0.25, 0.3) is 0 Å². The first-order chi connectivity index (χ1) is 16.9. The summed E-state index contributed by atoms with van der Waals surface area (Å²) in [6, 6.07) is 8.07. The molecule has 0 fully saturated rings. The van der Waals surface area contributed by atoms with Crippen LogP contribution in [0, 0.1) is 0 Å². The monoisotopic (exact) mass is 535 g/mol. The van der Waals surface area contributed by atoms with Crippen molar-refractivity contribution in [1.29, 1.82) is 0 Å². The van der Waals surface area contributed by atoms with E-state index in [2.05, 4.69) is 4.72 Å². The minimum atomic E-state index is -4.33. The molecule has 0 unspecified atom stereocenters. The maximum atomic E-state index is 13.1. The van der Waals surface area contributed by atoms with Gasteiger partial charge in [-0.3, -0.25) is 4.72 Å². The van der Waals surface area contributed by atoms with Crippen LogP contribution in [0.2, 0.25) is 0 Å². The number of primary sulfonamides is 1. The molecule has 0 aliphatic carbocycles. The van der Waals surface area contributed by atoms with Crippen LogP contribution in [0.1, 0.15) is 0 Å². The van der Waals surface area contributed by atoms with Gasteiger partial charge in [0, 0.05) is 6.20 Å². The van der Waals surface area contributed by atoms with Crippen molar-refractivity contribution in [3.63, 3.8) is 0 Å². The molecule has 0 saturated carbocycles. The van der Waals surface area contributed by atoms with Gasteiger partial charge < -0.3 is 19.5 Å². The number of phenolic OH excluding ortho intramolecular Hbond substituents is 1. The summed E-state index contributed by atoms with van der Waals surface area (Å²) in [5.41, 5.74) is -0.816. The van der Waals surface area contributed by atoms with E-state index >= 15 is 0 Å². The third-order valence-electron chi connectivity index (χ3n) is 4.82. The Morgan fingerprint density at radius 1 is 0.944 bits per heavy atom. The lowest BCUT2D eigenvalue weighted by atomic mass is 10.1. The van der Waals surface area contributed by atoms with Crippen molar-refractivity contribution in [2.24, 2.45) is 5.14 Å². The van der Waals surface area contributed by atoms with Crippen LogP contribution >= 0.6 is 0 Å². The van der Waals surface area contributed by atoms with E-state index in [9.17, 15) is 31.5 Å². The molecule has 0 saturated heterocycles. The SMILES string of the molecule is COC(=O)C1=C(C(=O)OC)N(c2cc(S(=O)(=O)Nc3cccc(S(N)(=O)=O)c3)ccc2O)C=CC=C1. The predicted octanol–water partition coefficient (Wildman–Crippen LogP) is 1.33. The van der Waals surface area contributed by atoms with Crippen LogP contribution in [-0.4, -0.2) is 48.1 Å². The molecule has 2 aromatic rings. The van der Waals surface area contributed by atoms with Gasteiger partial charge in [0.1, 0.15) is 11.4 Å². The summed E-state index contributed by atoms with van der Waals surface area (Å²) in [6.45, 7) is 0. The number of sulfonamides is 2. The van der Waals surface area contributed by atoms with Gasteiger partial charge in [0.05, 0.1) is 41.0 Å². The number of nitrogens with two attached hydrogens (primary N) is 1. The Morgan fingerprint density at radius 2 is 1.64 bits per heavy atom. The molecule has 0 radical (unpaired) electrons. The molecule has 0 spiro atoms. The van der Waals surface area contributed by atoms with Crippen LogP contribution in [0.15, 0.2) is 88.0 Å². The molecular weight excluding hydrogens is 514 g/mol. The fraction of sp³-hybridized carbons (Fsp3) is 0.0909. The lowest BCUT2D eigenvalue weighted by Crippen LogP contribution is -2.27. The minimum Gasteiger partial charge on any atom is -0.506 e. The number of nitrogens with one attached hydrogen (secondary N) is 1. The predicted molar refractivity (Wildman–Crippen MR) is 129 cm³/mol. The maximum absolute atomic E-state index is 13.1. The molecule has 1 heterocycles. The van der Waals surface area contributed by atoms with Gasteiger partial charge in [-0.05, 0) is 48.6 Å². The number of phenols is 1. The van der Waals surface area contributed by atoms with Gasteiger partial charge in [0.2, 0.25) is 10.0 Å². The van der Waals surface area contributed by atoms with Gasteiger partial charge in [-0.25, -0.2) is 31.6 Å². The number of anilines is 2. The van der Waals surface area contributed by atoms with Crippen LogP contribution in [0.3, 0.4) is 0 Å². The highest BCUT2D eigenvalue weighted by Crippen LogP contribution is 2.35. The Morgan fingerprint density at radius 3 is 2.28 bits per heavy atom. The number of hydrogen-bond donors (Lipinski definition) is 3. The van der Waals surface area contributed by atoms with E-state index in [4.69, 9.17) is 14.6 Å². The zero-order valence-electron chi connectivity index (χ0n) is 18.9. The number of nitrogens with zero attached hydrogens (tertiary/aromatic N) is 1. The Kier molecular flexibility index (Phi) is 7.52. The van der Waals surface area contributed by atoms with E-state index in [0.29, 0.717) is 0 Å². The molecule has 1 aliphatic rings. The Hall–Kier alpha value is -4.14. The number of allylic oxidation sites excluding steroid dienone is 2. The average molecular weight is 536 g/mol. The number of esters is 2. The van der Waals surface area contributed by atoms with E-state index in [1.807, 2.05) is 0 Å². The number of methoxy groups -OCH3 is 2. The smallest absolute Gasteiger partial charge is 0.355 e. The topological polar surface area (TPSA) is 182 Å². The average Bonchev–Trinajstić information content (AvgIpc) is 3.05. The molecule has 0 aromatic heterocycles. The Balaban J connectivity index is 2.11. The van der Waals surface area contributed by atoms with E-state index in [1.54, 1.807) is 0 Å². The van der Waals surface area contributed by atoms with Crippen molar-refractivity contribution in [2.45, 2.75) is 9.79 Å². The lowest BCUT2D eigenvalue weighted by molar-refractivity contribution is -0.139. The summed E-state index contributed by atoms with van der Waals surface area (Å²) in [4.78, 5) is 25.4. The van der Waals surface area contributed by atoms with Crippen molar-refractivity contribution in [3.05, 3.63) is 78.2 Å². The van der Waals surface area contributed by atoms with Crippen LogP contribution < -0.4 is 14.8 Å². The second-order valence-corrected chi connectivity index (χ2v) is 10.4. The molecule has 0 amide bonds. The first-order valence-corrected chi connectivity index (χ1v) is 13.0. The van der Waals surface area contributed by atoms with Crippen molar-refractivity contribution >= 4 is 43.4 Å². The van der Waals surface area contributed by atoms with Crippen LogP contribution in [0.4, 0.5) is 11.4 Å². The zero-order valence-corrected chi connectivity index (χ0v) is 20.5. The van der Waals surface area contributed by atoms with Gasteiger partial charge in [0.15, 0.2) is 0 Å². The second kappa shape index (κ2) is 10.2. The normalized spacial score (nSPS) is 13.8. The largest absolute Gasteiger partial charge is 0.506 e. The molecule has 1 aliphatic heterocycles. The first kappa shape index (κ1) is 26.5. The third kappa shape index (κ3) is 5.56. The highest BCUT2D eigenvalue weighted by molar-refractivity contribution is 7.92. The van der Waals surface area contributed by atoms with E-state index < -0.39 is 37.7 Å². The van der Waals surface area contributed by atoms with Crippen LogP contribution in [-0.2, 0) is 39.1 Å². The summed E-state index contributed by atoms with van der Waals surface area (Å²) < 4.78 is 61.1.